The molecule has 2 unspecified atom stereocenters. The standard InChI is InChI=1S/C26H31NO4/c1-24-11-18-12-25(2,14-24)16-26(13-18,15-24)27-23(29)31-17-30-22(28)10-20-8-5-7-19-6-3-4-9-21(19)20/h3-9,18H,10-17H2,1-2H3,(H,27,29). The molecule has 31 heavy (non-hydrogen) atoms. The third kappa shape index (κ3) is 4.02. The van der Waals surface area contributed by atoms with Gasteiger partial charge in [0.2, 0.25) is 6.79 Å². The molecular formula is C26H31NO4. The smallest absolute Gasteiger partial charge is 0.410 e. The maximum Gasteiger partial charge on any atom is 0.410 e. The summed E-state index contributed by atoms with van der Waals surface area (Å²) in [6, 6.07) is 13.8. The second kappa shape index (κ2) is 7.25. The Morgan fingerprint density at radius 1 is 0.935 bits per heavy atom. The minimum atomic E-state index is -0.480. The number of benzene rings is 2. The van der Waals surface area contributed by atoms with Crippen LogP contribution in [0.25, 0.3) is 10.8 Å². The molecule has 4 fully saturated rings. The zero-order valence-electron chi connectivity index (χ0n) is 18.4. The van der Waals surface area contributed by atoms with Crippen molar-refractivity contribution in [2.24, 2.45) is 16.7 Å². The molecule has 0 heterocycles. The number of carbonyl (C=O) groups excluding carboxylic acids is 2. The molecule has 5 nitrogen and oxygen atoms in total. The van der Waals surface area contributed by atoms with E-state index in [4.69, 9.17) is 9.47 Å². The van der Waals surface area contributed by atoms with Gasteiger partial charge in [-0.15, -0.1) is 0 Å². The van der Waals surface area contributed by atoms with Crippen molar-refractivity contribution in [2.45, 2.75) is 64.3 Å². The van der Waals surface area contributed by atoms with Gasteiger partial charge in [-0.2, -0.15) is 0 Å². The fourth-order valence-electron chi connectivity index (χ4n) is 7.64. The number of fused-ring (bicyclic) bond motifs is 1. The van der Waals surface area contributed by atoms with Gasteiger partial charge in [-0.05, 0) is 71.6 Å². The zero-order valence-corrected chi connectivity index (χ0v) is 18.4. The molecule has 0 radical (unpaired) electrons. The molecule has 2 aromatic rings. The van der Waals surface area contributed by atoms with Gasteiger partial charge in [0.15, 0.2) is 0 Å². The molecular weight excluding hydrogens is 390 g/mol. The summed E-state index contributed by atoms with van der Waals surface area (Å²) in [6.45, 7) is 4.38. The number of alkyl carbamates (subject to hydrolysis) is 1. The van der Waals surface area contributed by atoms with E-state index in [9.17, 15) is 9.59 Å². The summed E-state index contributed by atoms with van der Waals surface area (Å²) < 4.78 is 10.5. The van der Waals surface area contributed by atoms with Gasteiger partial charge in [0, 0.05) is 5.54 Å². The maximum atomic E-state index is 12.5. The molecule has 4 bridgehead atoms. The third-order valence-electron chi connectivity index (χ3n) is 7.62. The lowest BCUT2D eigenvalue weighted by molar-refractivity contribution is -0.151. The fraction of sp³-hybridized carbons (Fsp3) is 0.538. The first-order valence-electron chi connectivity index (χ1n) is 11.3. The van der Waals surface area contributed by atoms with Crippen LogP contribution in [-0.2, 0) is 20.7 Å². The highest BCUT2D eigenvalue weighted by molar-refractivity contribution is 5.89. The van der Waals surface area contributed by atoms with Crippen molar-refractivity contribution >= 4 is 22.8 Å². The minimum absolute atomic E-state index is 0.147. The Labute approximate surface area is 183 Å². The number of esters is 1. The lowest BCUT2D eigenvalue weighted by Crippen LogP contribution is -2.65. The van der Waals surface area contributed by atoms with E-state index >= 15 is 0 Å². The molecule has 2 aromatic carbocycles. The first-order chi connectivity index (χ1) is 14.8. The van der Waals surface area contributed by atoms with Crippen molar-refractivity contribution in [1.29, 1.82) is 0 Å². The van der Waals surface area contributed by atoms with Gasteiger partial charge in [-0.3, -0.25) is 4.79 Å². The van der Waals surface area contributed by atoms with Crippen molar-refractivity contribution in [3.63, 3.8) is 0 Å². The Hall–Kier alpha value is -2.56. The van der Waals surface area contributed by atoms with E-state index in [2.05, 4.69) is 19.2 Å². The number of nitrogens with one attached hydrogen (secondary N) is 1. The molecule has 6 rings (SSSR count). The summed E-state index contributed by atoms with van der Waals surface area (Å²) in [5, 5.41) is 5.29. The number of ether oxygens (including phenoxy) is 2. The molecule has 4 aliphatic rings. The number of amides is 1. The summed E-state index contributed by atoms with van der Waals surface area (Å²) in [5.41, 5.74) is 1.36. The van der Waals surface area contributed by atoms with Gasteiger partial charge in [0.05, 0.1) is 6.42 Å². The highest BCUT2D eigenvalue weighted by Crippen LogP contribution is 2.66. The van der Waals surface area contributed by atoms with E-state index in [0.717, 1.165) is 35.6 Å². The molecule has 1 amide bonds. The van der Waals surface area contributed by atoms with Crippen LogP contribution in [-0.4, -0.2) is 24.4 Å². The monoisotopic (exact) mass is 421 g/mol. The molecule has 4 saturated carbocycles. The average Bonchev–Trinajstić information content (AvgIpc) is 2.65. The fourth-order valence-corrected chi connectivity index (χ4v) is 7.64. The van der Waals surface area contributed by atoms with Crippen molar-refractivity contribution in [3.8, 4) is 0 Å². The van der Waals surface area contributed by atoms with Crippen LogP contribution in [0, 0.1) is 16.7 Å². The van der Waals surface area contributed by atoms with Crippen LogP contribution in [0.4, 0.5) is 4.79 Å². The highest BCUT2D eigenvalue weighted by atomic mass is 16.7. The molecule has 0 aliphatic heterocycles. The zero-order chi connectivity index (χ0) is 21.7. The van der Waals surface area contributed by atoms with Crippen molar-refractivity contribution in [2.75, 3.05) is 6.79 Å². The third-order valence-corrected chi connectivity index (χ3v) is 7.62. The van der Waals surface area contributed by atoms with Crippen LogP contribution in [0.15, 0.2) is 42.5 Å². The summed E-state index contributed by atoms with van der Waals surface area (Å²) in [6.07, 6.45) is 6.53. The van der Waals surface area contributed by atoms with Crippen LogP contribution in [0.3, 0.4) is 0 Å². The molecule has 0 saturated heterocycles. The normalized spacial score (nSPS) is 33.3. The number of carbonyl (C=O) groups is 2. The van der Waals surface area contributed by atoms with Gasteiger partial charge in [0.25, 0.3) is 0 Å². The van der Waals surface area contributed by atoms with E-state index in [1.165, 1.54) is 19.3 Å². The molecule has 0 aromatic heterocycles. The largest absolute Gasteiger partial charge is 0.428 e. The van der Waals surface area contributed by atoms with E-state index in [0.29, 0.717) is 16.7 Å². The number of rotatable bonds is 5. The Balaban J connectivity index is 1.14. The van der Waals surface area contributed by atoms with Gasteiger partial charge in [-0.25, -0.2) is 4.79 Å². The minimum Gasteiger partial charge on any atom is -0.428 e. The molecule has 2 atom stereocenters. The second-order valence-corrected chi connectivity index (χ2v) is 10.9. The lowest BCUT2D eigenvalue weighted by atomic mass is 9.43. The summed E-state index contributed by atoms with van der Waals surface area (Å²) in [7, 11) is 0. The average molecular weight is 422 g/mol. The van der Waals surface area contributed by atoms with Crippen molar-refractivity contribution < 1.29 is 19.1 Å². The predicted molar refractivity (Wildman–Crippen MR) is 118 cm³/mol. The molecule has 1 N–H and O–H groups in total. The van der Waals surface area contributed by atoms with E-state index in [1.54, 1.807) is 0 Å². The molecule has 0 spiro atoms. The van der Waals surface area contributed by atoms with E-state index < -0.39 is 12.1 Å². The van der Waals surface area contributed by atoms with Gasteiger partial charge >= 0.3 is 12.1 Å². The van der Waals surface area contributed by atoms with Gasteiger partial charge in [0.1, 0.15) is 0 Å². The van der Waals surface area contributed by atoms with Crippen molar-refractivity contribution in [1.82, 2.24) is 5.32 Å². The SMILES string of the molecule is CC12CC3CC(C)(C1)CC(NC(=O)OCOC(=O)Cc1cccc4ccccc14)(C3)C2. The Morgan fingerprint density at radius 2 is 1.65 bits per heavy atom. The lowest BCUT2D eigenvalue weighted by Gasteiger charge is -2.65. The van der Waals surface area contributed by atoms with Crippen LogP contribution in [0.1, 0.15) is 57.9 Å². The molecule has 4 aliphatic carbocycles. The van der Waals surface area contributed by atoms with Crippen molar-refractivity contribution in [3.05, 3.63) is 48.0 Å². The molecule has 164 valence electrons. The predicted octanol–water partition coefficient (Wildman–Crippen LogP) is 5.36. The molecule has 5 heteroatoms. The van der Waals surface area contributed by atoms with Crippen LogP contribution in [0.2, 0.25) is 0 Å². The highest BCUT2D eigenvalue weighted by Gasteiger charge is 2.60. The second-order valence-electron chi connectivity index (χ2n) is 10.9. The number of hydrogen-bond acceptors (Lipinski definition) is 4. The Kier molecular flexibility index (Phi) is 4.76. The first kappa shape index (κ1) is 20.3. The van der Waals surface area contributed by atoms with Crippen LogP contribution < -0.4 is 5.32 Å². The van der Waals surface area contributed by atoms with Gasteiger partial charge in [-0.1, -0.05) is 56.3 Å². The summed E-state index contributed by atoms with van der Waals surface area (Å²) in [5.74, 6) is 0.282. The maximum absolute atomic E-state index is 12.5. The quantitative estimate of drug-likeness (QED) is 0.521. The summed E-state index contributed by atoms with van der Waals surface area (Å²) in [4.78, 5) is 24.8. The van der Waals surface area contributed by atoms with Crippen LogP contribution >= 0.6 is 0 Å². The Morgan fingerprint density at radius 3 is 2.39 bits per heavy atom. The van der Waals surface area contributed by atoms with Crippen LogP contribution in [0.5, 0.6) is 0 Å². The number of hydrogen-bond donors (Lipinski definition) is 1. The van der Waals surface area contributed by atoms with E-state index in [1.807, 2.05) is 42.5 Å². The first-order valence-corrected chi connectivity index (χ1v) is 11.3. The Bertz CT molecular complexity index is 1010. The topological polar surface area (TPSA) is 64.6 Å². The van der Waals surface area contributed by atoms with Gasteiger partial charge < -0.3 is 14.8 Å². The van der Waals surface area contributed by atoms with E-state index in [-0.39, 0.29) is 18.8 Å². The summed E-state index contributed by atoms with van der Waals surface area (Å²) >= 11 is 0.